The monoisotopic (exact) mass is 272 g/mol. The maximum atomic E-state index is 11.3. The lowest BCUT2D eigenvalue weighted by Gasteiger charge is -2.33. The fraction of sp³-hybridized carbons (Fsp3) is 0.500. The average Bonchev–Trinajstić information content (AvgIpc) is 2.57. The molecule has 20 heavy (non-hydrogen) atoms. The van der Waals surface area contributed by atoms with E-state index in [0.29, 0.717) is 25.1 Å². The van der Waals surface area contributed by atoms with Crippen molar-refractivity contribution < 1.29 is 9.90 Å². The number of rotatable bonds is 0. The fourth-order valence-corrected chi connectivity index (χ4v) is 2.89. The number of hydrogen-bond donors (Lipinski definition) is 1. The Morgan fingerprint density at radius 2 is 2.15 bits per heavy atom. The van der Waals surface area contributed by atoms with Crippen molar-refractivity contribution in [1.29, 1.82) is 5.26 Å². The number of nitriles is 1. The van der Waals surface area contributed by atoms with Crippen LogP contribution in [0.1, 0.15) is 43.4 Å². The quantitative estimate of drug-likeness (QED) is 0.788. The molecule has 1 amide bonds. The molecule has 0 saturated heterocycles. The first-order valence-corrected chi connectivity index (χ1v) is 6.84. The largest absolute Gasteiger partial charge is 0.465 e. The highest BCUT2D eigenvalue weighted by atomic mass is 16.4. The van der Waals surface area contributed by atoms with E-state index in [-0.39, 0.29) is 11.3 Å². The summed E-state index contributed by atoms with van der Waals surface area (Å²) in [6, 6.07) is 7.98. The third-order valence-corrected chi connectivity index (χ3v) is 4.06. The Bertz CT molecular complexity index is 567. The molecule has 1 N–H and O–H groups in total. The highest BCUT2D eigenvalue weighted by Gasteiger charge is 2.34. The van der Waals surface area contributed by atoms with Crippen LogP contribution in [-0.2, 0) is 6.42 Å². The second-order valence-corrected chi connectivity index (χ2v) is 6.38. The molecule has 0 radical (unpaired) electrons. The minimum absolute atomic E-state index is 0.0547. The van der Waals surface area contributed by atoms with Crippen molar-refractivity contribution in [2.45, 2.75) is 33.1 Å². The van der Waals surface area contributed by atoms with Crippen molar-refractivity contribution in [1.82, 2.24) is 4.90 Å². The Kier molecular flexibility index (Phi) is 3.71. The summed E-state index contributed by atoms with van der Waals surface area (Å²) in [5, 5.41) is 18.6. The second-order valence-electron chi connectivity index (χ2n) is 6.38. The van der Waals surface area contributed by atoms with Gasteiger partial charge >= 0.3 is 6.09 Å². The third-order valence-electron chi connectivity index (χ3n) is 4.06. The van der Waals surface area contributed by atoms with Crippen LogP contribution in [0.5, 0.6) is 0 Å². The third kappa shape index (κ3) is 2.62. The van der Waals surface area contributed by atoms with Crippen molar-refractivity contribution in [3.63, 3.8) is 0 Å². The summed E-state index contributed by atoms with van der Waals surface area (Å²) in [5.74, 6) is 0.101. The van der Waals surface area contributed by atoms with Crippen LogP contribution in [0, 0.1) is 16.7 Å². The first-order valence-electron chi connectivity index (χ1n) is 6.84. The maximum Gasteiger partial charge on any atom is 0.407 e. The first kappa shape index (κ1) is 14.4. The summed E-state index contributed by atoms with van der Waals surface area (Å²) in [5.41, 5.74) is 2.75. The first-order chi connectivity index (χ1) is 9.34. The van der Waals surface area contributed by atoms with Crippen LogP contribution in [0.15, 0.2) is 18.2 Å². The van der Waals surface area contributed by atoms with Gasteiger partial charge in [0, 0.05) is 19.0 Å². The summed E-state index contributed by atoms with van der Waals surface area (Å²) in [4.78, 5) is 12.8. The molecule has 0 aliphatic carbocycles. The number of nitrogens with zero attached hydrogens (tertiary/aromatic N) is 2. The number of carbonyl (C=O) groups is 1. The fourth-order valence-electron chi connectivity index (χ4n) is 2.89. The molecule has 0 spiro atoms. The molecule has 1 aromatic carbocycles. The number of amides is 1. The van der Waals surface area contributed by atoms with Crippen molar-refractivity contribution in [3.05, 3.63) is 34.9 Å². The van der Waals surface area contributed by atoms with E-state index in [1.54, 1.807) is 0 Å². The van der Waals surface area contributed by atoms with Crippen LogP contribution in [0.4, 0.5) is 4.79 Å². The standard InChI is InChI=1S/C16H20N2O2/c1-16(2,3)14-10-18(15(19)20)8-7-12-11(9-17)5-4-6-13(12)14/h4-6,14H,7-8,10H2,1-3H3,(H,19,20). The summed E-state index contributed by atoms with van der Waals surface area (Å²) in [6.07, 6.45) is -0.275. The zero-order valence-electron chi connectivity index (χ0n) is 12.2. The lowest BCUT2D eigenvalue weighted by Crippen LogP contribution is -2.36. The van der Waals surface area contributed by atoms with E-state index in [1.807, 2.05) is 18.2 Å². The van der Waals surface area contributed by atoms with Gasteiger partial charge in [0.2, 0.25) is 0 Å². The van der Waals surface area contributed by atoms with E-state index in [2.05, 4.69) is 26.8 Å². The van der Waals surface area contributed by atoms with Crippen molar-refractivity contribution in [2.75, 3.05) is 13.1 Å². The molecule has 0 fully saturated rings. The molecule has 0 aromatic heterocycles. The van der Waals surface area contributed by atoms with E-state index < -0.39 is 6.09 Å². The second kappa shape index (κ2) is 5.16. The topological polar surface area (TPSA) is 64.3 Å². The van der Waals surface area contributed by atoms with Gasteiger partial charge in [-0.15, -0.1) is 0 Å². The van der Waals surface area contributed by atoms with Crippen LogP contribution in [0.2, 0.25) is 0 Å². The van der Waals surface area contributed by atoms with Gasteiger partial charge in [-0.1, -0.05) is 32.9 Å². The van der Waals surface area contributed by atoms with Crippen LogP contribution in [-0.4, -0.2) is 29.2 Å². The van der Waals surface area contributed by atoms with Crippen molar-refractivity contribution >= 4 is 6.09 Å². The molecule has 4 nitrogen and oxygen atoms in total. The van der Waals surface area contributed by atoms with Gasteiger partial charge in [-0.3, -0.25) is 0 Å². The smallest absolute Gasteiger partial charge is 0.407 e. The molecule has 1 aromatic rings. The Balaban J connectivity index is 2.55. The number of carboxylic acid groups (broad SMARTS) is 1. The molecule has 1 atom stereocenters. The molecule has 0 saturated carbocycles. The lowest BCUT2D eigenvalue weighted by molar-refractivity contribution is 0.135. The van der Waals surface area contributed by atoms with E-state index in [1.165, 1.54) is 4.90 Å². The molecule has 1 aliphatic heterocycles. The van der Waals surface area contributed by atoms with Gasteiger partial charge in [-0.25, -0.2) is 4.79 Å². The van der Waals surface area contributed by atoms with E-state index >= 15 is 0 Å². The molecule has 0 bridgehead atoms. The molecule has 2 rings (SSSR count). The van der Waals surface area contributed by atoms with Gasteiger partial charge in [0.05, 0.1) is 11.6 Å². The summed E-state index contributed by atoms with van der Waals surface area (Å²) in [6.45, 7) is 7.29. The van der Waals surface area contributed by atoms with Crippen molar-refractivity contribution in [2.24, 2.45) is 5.41 Å². The highest BCUT2D eigenvalue weighted by molar-refractivity contribution is 5.65. The molecular formula is C16H20N2O2. The Labute approximate surface area is 119 Å². The minimum atomic E-state index is -0.884. The van der Waals surface area contributed by atoms with Crippen LogP contribution >= 0.6 is 0 Å². The summed E-state index contributed by atoms with van der Waals surface area (Å²) >= 11 is 0. The van der Waals surface area contributed by atoms with Crippen LogP contribution < -0.4 is 0 Å². The van der Waals surface area contributed by atoms with Gasteiger partial charge in [-0.2, -0.15) is 5.26 Å². The van der Waals surface area contributed by atoms with Crippen LogP contribution in [0.3, 0.4) is 0 Å². The number of fused-ring (bicyclic) bond motifs is 1. The predicted octanol–water partition coefficient (Wildman–Crippen LogP) is 3.22. The lowest BCUT2D eigenvalue weighted by atomic mass is 9.74. The average molecular weight is 272 g/mol. The van der Waals surface area contributed by atoms with E-state index in [9.17, 15) is 15.2 Å². The van der Waals surface area contributed by atoms with Crippen LogP contribution in [0.25, 0.3) is 0 Å². The Morgan fingerprint density at radius 3 is 2.70 bits per heavy atom. The zero-order chi connectivity index (χ0) is 14.9. The Morgan fingerprint density at radius 1 is 1.45 bits per heavy atom. The molecule has 4 heteroatoms. The Hall–Kier alpha value is -2.02. The summed E-state index contributed by atoms with van der Waals surface area (Å²) < 4.78 is 0. The summed E-state index contributed by atoms with van der Waals surface area (Å²) in [7, 11) is 0. The normalized spacial score (nSPS) is 18.9. The maximum absolute atomic E-state index is 11.3. The predicted molar refractivity (Wildman–Crippen MR) is 76.7 cm³/mol. The van der Waals surface area contributed by atoms with E-state index in [0.717, 1.165) is 11.1 Å². The molecule has 1 unspecified atom stereocenters. The van der Waals surface area contributed by atoms with Gasteiger partial charge in [0.25, 0.3) is 0 Å². The highest BCUT2D eigenvalue weighted by Crippen LogP contribution is 2.39. The van der Waals surface area contributed by atoms with Gasteiger partial charge in [-0.05, 0) is 29.0 Å². The SMILES string of the molecule is CC(C)(C)C1CN(C(=O)O)CCc2c(C#N)cccc21. The molecule has 1 aliphatic rings. The molecular weight excluding hydrogens is 252 g/mol. The van der Waals surface area contributed by atoms with Gasteiger partial charge < -0.3 is 10.0 Å². The van der Waals surface area contributed by atoms with E-state index in [4.69, 9.17) is 0 Å². The molecule has 1 heterocycles. The number of benzene rings is 1. The number of hydrogen-bond acceptors (Lipinski definition) is 2. The van der Waals surface area contributed by atoms with Crippen molar-refractivity contribution in [3.8, 4) is 6.07 Å². The minimum Gasteiger partial charge on any atom is -0.465 e. The van der Waals surface area contributed by atoms with Gasteiger partial charge in [0.15, 0.2) is 0 Å². The van der Waals surface area contributed by atoms with Gasteiger partial charge in [0.1, 0.15) is 0 Å². The molecule has 106 valence electrons. The zero-order valence-corrected chi connectivity index (χ0v) is 12.2.